The molecule has 0 saturated carbocycles. The minimum Gasteiger partial charge on any atom is -0.393 e. The highest BCUT2D eigenvalue weighted by Gasteiger charge is 2.25. The molecule has 4 nitrogen and oxygen atoms in total. The van der Waals surface area contributed by atoms with Gasteiger partial charge in [-0.1, -0.05) is 44.3 Å². The molecule has 1 aromatic carbocycles. The number of nitrogens with two attached hydrogens (primary N) is 1. The van der Waals surface area contributed by atoms with Crippen molar-refractivity contribution >= 4 is 28.8 Å². The second-order valence-electron chi connectivity index (χ2n) is 4.70. The number of para-hydroxylation sites is 1. The topological polar surface area (TPSA) is 64.3 Å². The fourth-order valence-corrected chi connectivity index (χ4v) is 2.27. The van der Waals surface area contributed by atoms with Crippen molar-refractivity contribution in [2.45, 2.75) is 20.5 Å². The third-order valence-corrected chi connectivity index (χ3v) is 3.08. The second-order valence-corrected chi connectivity index (χ2v) is 5.17. The zero-order chi connectivity index (χ0) is 14.4. The number of methoxy groups -OCH3 is 1. The first-order valence-corrected chi connectivity index (χ1v) is 6.55. The van der Waals surface area contributed by atoms with E-state index in [1.54, 1.807) is 7.11 Å². The quantitative estimate of drug-likeness (QED) is 0.785. The lowest BCUT2D eigenvalue weighted by atomic mass is 9.94. The highest BCUT2D eigenvalue weighted by molar-refractivity contribution is 7.80. The van der Waals surface area contributed by atoms with Crippen molar-refractivity contribution in [2.75, 3.05) is 12.4 Å². The molecule has 0 saturated heterocycles. The molecule has 5 heteroatoms. The smallest absolute Gasteiger partial charge is 0.234 e. The normalized spacial score (nSPS) is 12.2. The maximum atomic E-state index is 12.2. The molecule has 0 aliphatic carbocycles. The van der Waals surface area contributed by atoms with Crippen molar-refractivity contribution < 1.29 is 9.53 Å². The van der Waals surface area contributed by atoms with E-state index in [4.69, 9.17) is 22.7 Å². The predicted octanol–water partition coefficient (Wildman–Crippen LogP) is 2.33. The van der Waals surface area contributed by atoms with Crippen molar-refractivity contribution in [1.29, 1.82) is 0 Å². The number of hydrogen-bond donors (Lipinski definition) is 2. The summed E-state index contributed by atoms with van der Waals surface area (Å²) in [4.78, 5) is 12.5. The van der Waals surface area contributed by atoms with Crippen molar-refractivity contribution in [3.63, 3.8) is 0 Å². The molecule has 0 heterocycles. The van der Waals surface area contributed by atoms with Crippen LogP contribution >= 0.6 is 12.2 Å². The molecule has 3 N–H and O–H groups in total. The monoisotopic (exact) mass is 280 g/mol. The van der Waals surface area contributed by atoms with Crippen LogP contribution in [0.1, 0.15) is 19.4 Å². The Hall–Kier alpha value is -1.46. The van der Waals surface area contributed by atoms with Crippen LogP contribution in [0, 0.1) is 11.8 Å². The largest absolute Gasteiger partial charge is 0.393 e. The van der Waals surface area contributed by atoms with Crippen molar-refractivity contribution in [3.05, 3.63) is 29.8 Å². The van der Waals surface area contributed by atoms with Crippen LogP contribution in [0.5, 0.6) is 0 Å². The van der Waals surface area contributed by atoms with Gasteiger partial charge in [0.05, 0.1) is 17.5 Å². The summed E-state index contributed by atoms with van der Waals surface area (Å²) in [6, 6.07) is 7.50. The Morgan fingerprint density at radius 2 is 2.05 bits per heavy atom. The minimum absolute atomic E-state index is 0.0621. The van der Waals surface area contributed by atoms with Crippen molar-refractivity contribution in [2.24, 2.45) is 17.6 Å². The first-order chi connectivity index (χ1) is 8.97. The van der Waals surface area contributed by atoms with Gasteiger partial charge >= 0.3 is 0 Å². The fourth-order valence-electron chi connectivity index (χ4n) is 1.89. The lowest BCUT2D eigenvalue weighted by molar-refractivity contribution is -0.118. The Bertz CT molecular complexity index is 461. The molecule has 1 aromatic rings. The summed E-state index contributed by atoms with van der Waals surface area (Å²) in [5.74, 6) is -0.580. The first kappa shape index (κ1) is 15.6. The summed E-state index contributed by atoms with van der Waals surface area (Å²) < 4.78 is 5.10. The molecule has 0 spiro atoms. The van der Waals surface area contributed by atoms with Gasteiger partial charge in [-0.25, -0.2) is 0 Å². The summed E-state index contributed by atoms with van der Waals surface area (Å²) in [5.41, 5.74) is 7.29. The third-order valence-electron chi connectivity index (χ3n) is 2.83. The van der Waals surface area contributed by atoms with E-state index in [2.05, 4.69) is 5.32 Å². The van der Waals surface area contributed by atoms with E-state index in [1.807, 2.05) is 38.1 Å². The van der Waals surface area contributed by atoms with Crippen LogP contribution in [-0.2, 0) is 16.1 Å². The fraction of sp³-hybridized carbons (Fsp3) is 0.429. The minimum atomic E-state index is -0.467. The average Bonchev–Trinajstić information content (AvgIpc) is 2.30. The molecule has 1 unspecified atom stereocenters. The van der Waals surface area contributed by atoms with E-state index in [0.717, 1.165) is 11.3 Å². The number of rotatable bonds is 6. The molecule has 1 amide bonds. The van der Waals surface area contributed by atoms with E-state index in [0.29, 0.717) is 6.61 Å². The Morgan fingerprint density at radius 1 is 1.42 bits per heavy atom. The molecule has 0 bridgehead atoms. The first-order valence-electron chi connectivity index (χ1n) is 6.14. The third kappa shape index (κ3) is 4.29. The highest BCUT2D eigenvalue weighted by Crippen LogP contribution is 2.19. The molecular weight excluding hydrogens is 260 g/mol. The Balaban J connectivity index is 2.89. The van der Waals surface area contributed by atoms with Gasteiger partial charge in [0.2, 0.25) is 5.91 Å². The lowest BCUT2D eigenvalue weighted by Gasteiger charge is -2.20. The molecule has 19 heavy (non-hydrogen) atoms. The Morgan fingerprint density at radius 3 is 2.58 bits per heavy atom. The average molecular weight is 280 g/mol. The predicted molar refractivity (Wildman–Crippen MR) is 80.9 cm³/mol. The molecule has 0 aliphatic rings. The van der Waals surface area contributed by atoms with E-state index < -0.39 is 5.92 Å². The van der Waals surface area contributed by atoms with Crippen LogP contribution in [0.15, 0.2) is 24.3 Å². The van der Waals surface area contributed by atoms with Gasteiger partial charge < -0.3 is 15.8 Å². The van der Waals surface area contributed by atoms with E-state index >= 15 is 0 Å². The van der Waals surface area contributed by atoms with Crippen LogP contribution in [0.25, 0.3) is 0 Å². The van der Waals surface area contributed by atoms with Crippen LogP contribution in [-0.4, -0.2) is 18.0 Å². The molecule has 104 valence electrons. The van der Waals surface area contributed by atoms with E-state index in [1.165, 1.54) is 0 Å². The number of nitrogens with one attached hydrogen (secondary N) is 1. The molecular formula is C14H20N2O2S. The number of hydrogen-bond acceptors (Lipinski definition) is 3. The summed E-state index contributed by atoms with van der Waals surface area (Å²) >= 11 is 4.96. The Labute approximate surface area is 119 Å². The van der Waals surface area contributed by atoms with Gasteiger partial charge in [-0.15, -0.1) is 0 Å². The van der Waals surface area contributed by atoms with Gasteiger partial charge in [-0.05, 0) is 12.0 Å². The van der Waals surface area contributed by atoms with Gasteiger partial charge in [0.1, 0.15) is 0 Å². The summed E-state index contributed by atoms with van der Waals surface area (Å²) in [6.07, 6.45) is 0. The standard InChI is InChI=1S/C14H20N2O2S/c1-9(2)12(13(15)19)14(17)16-11-7-5-4-6-10(11)8-18-3/h4-7,9,12H,8H2,1-3H3,(H2,15,19)(H,16,17). The zero-order valence-electron chi connectivity index (χ0n) is 11.5. The molecule has 0 radical (unpaired) electrons. The number of ether oxygens (including phenoxy) is 1. The van der Waals surface area contributed by atoms with Crippen molar-refractivity contribution in [1.82, 2.24) is 0 Å². The maximum absolute atomic E-state index is 12.2. The molecule has 0 aliphatic heterocycles. The van der Waals surface area contributed by atoms with Crippen LogP contribution < -0.4 is 11.1 Å². The van der Waals surface area contributed by atoms with Gasteiger partial charge in [-0.2, -0.15) is 0 Å². The molecule has 0 fully saturated rings. The summed E-state index contributed by atoms with van der Waals surface area (Å²) in [6.45, 7) is 4.28. The molecule has 1 atom stereocenters. The summed E-state index contributed by atoms with van der Waals surface area (Å²) in [7, 11) is 1.62. The molecule has 0 aromatic heterocycles. The number of carbonyl (C=O) groups is 1. The zero-order valence-corrected chi connectivity index (χ0v) is 12.3. The van der Waals surface area contributed by atoms with Gasteiger partial charge in [0, 0.05) is 18.4 Å². The lowest BCUT2D eigenvalue weighted by Crippen LogP contribution is -2.37. The van der Waals surface area contributed by atoms with Crippen LogP contribution in [0.3, 0.4) is 0 Å². The van der Waals surface area contributed by atoms with Crippen LogP contribution in [0.4, 0.5) is 5.69 Å². The highest BCUT2D eigenvalue weighted by atomic mass is 32.1. The number of carbonyl (C=O) groups excluding carboxylic acids is 1. The maximum Gasteiger partial charge on any atom is 0.234 e. The number of amides is 1. The molecule has 1 rings (SSSR count). The van der Waals surface area contributed by atoms with E-state index in [9.17, 15) is 4.79 Å². The Kier molecular flexibility index (Phi) is 5.92. The van der Waals surface area contributed by atoms with Gasteiger partial charge in [-0.3, -0.25) is 4.79 Å². The van der Waals surface area contributed by atoms with Crippen LogP contribution in [0.2, 0.25) is 0 Å². The number of thiocarbonyl (C=S) groups is 1. The summed E-state index contributed by atoms with van der Waals surface area (Å²) in [5, 5.41) is 2.87. The van der Waals surface area contributed by atoms with E-state index in [-0.39, 0.29) is 16.8 Å². The second kappa shape index (κ2) is 7.21. The van der Waals surface area contributed by atoms with Crippen molar-refractivity contribution in [3.8, 4) is 0 Å². The van der Waals surface area contributed by atoms with Gasteiger partial charge in [0.25, 0.3) is 0 Å². The number of benzene rings is 1. The van der Waals surface area contributed by atoms with Gasteiger partial charge in [0.15, 0.2) is 0 Å². The number of anilines is 1. The SMILES string of the molecule is COCc1ccccc1NC(=O)C(C(N)=S)C(C)C.